The van der Waals surface area contributed by atoms with Crippen molar-refractivity contribution in [1.82, 2.24) is 10.2 Å². The van der Waals surface area contributed by atoms with E-state index < -0.39 is 0 Å². The lowest BCUT2D eigenvalue weighted by molar-refractivity contribution is -0.135. The predicted octanol–water partition coefficient (Wildman–Crippen LogP) is 4.55. The van der Waals surface area contributed by atoms with Gasteiger partial charge in [-0.15, -0.1) is 0 Å². The number of nitrogens with zero attached hydrogens (tertiary/aromatic N) is 1. The fraction of sp³-hybridized carbons (Fsp3) is 0.400. The van der Waals surface area contributed by atoms with E-state index in [2.05, 4.69) is 16.0 Å². The smallest absolute Gasteiger partial charge is 0.323 e. The number of benzene rings is 2. The number of urea groups is 1. The third-order valence-electron chi connectivity index (χ3n) is 5.67. The molecule has 2 aromatic carbocycles. The maximum absolute atomic E-state index is 12.8. The number of hydrogen-bond acceptors (Lipinski definition) is 3. The van der Waals surface area contributed by atoms with Gasteiger partial charge in [0.15, 0.2) is 0 Å². The molecular formula is C25H32N4O3. The first-order chi connectivity index (χ1) is 15.5. The van der Waals surface area contributed by atoms with Crippen LogP contribution in [0.25, 0.3) is 0 Å². The molecule has 0 saturated carbocycles. The van der Waals surface area contributed by atoms with Crippen LogP contribution in [0.1, 0.15) is 51.1 Å². The van der Waals surface area contributed by atoms with Crippen molar-refractivity contribution in [3.8, 4) is 0 Å². The molecule has 0 aliphatic carbocycles. The normalized spacial score (nSPS) is 16.7. The molecular weight excluding hydrogens is 404 g/mol. The molecule has 0 aromatic heterocycles. The van der Waals surface area contributed by atoms with Crippen molar-refractivity contribution >= 4 is 29.2 Å². The highest BCUT2D eigenvalue weighted by atomic mass is 16.2. The second-order valence-corrected chi connectivity index (χ2v) is 8.23. The molecule has 0 spiro atoms. The Labute approximate surface area is 189 Å². The molecule has 3 rings (SSSR count). The lowest BCUT2D eigenvalue weighted by atomic mass is 9.96. The van der Waals surface area contributed by atoms with Gasteiger partial charge >= 0.3 is 6.03 Å². The van der Waals surface area contributed by atoms with E-state index in [1.807, 2.05) is 73.3 Å². The number of rotatable bonds is 7. The zero-order valence-corrected chi connectivity index (χ0v) is 18.8. The lowest BCUT2D eigenvalue weighted by Gasteiger charge is -2.32. The largest absolute Gasteiger partial charge is 0.349 e. The van der Waals surface area contributed by atoms with E-state index in [1.54, 1.807) is 0 Å². The number of hydrogen-bond donors (Lipinski definition) is 3. The molecule has 1 aliphatic heterocycles. The first-order valence-corrected chi connectivity index (χ1v) is 11.3. The Hall–Kier alpha value is -3.35. The third kappa shape index (κ3) is 6.57. The van der Waals surface area contributed by atoms with Gasteiger partial charge in [-0.1, -0.05) is 37.3 Å². The Morgan fingerprint density at radius 3 is 2.31 bits per heavy atom. The topological polar surface area (TPSA) is 90.5 Å². The van der Waals surface area contributed by atoms with E-state index in [0.717, 1.165) is 37.1 Å². The van der Waals surface area contributed by atoms with Gasteiger partial charge in [0.1, 0.15) is 0 Å². The first-order valence-electron chi connectivity index (χ1n) is 11.3. The highest BCUT2D eigenvalue weighted by Crippen LogP contribution is 2.21. The Balaban J connectivity index is 1.50. The first kappa shape index (κ1) is 23.3. The molecule has 3 N–H and O–H groups in total. The molecule has 1 aliphatic rings. The van der Waals surface area contributed by atoms with Crippen LogP contribution in [0.15, 0.2) is 54.6 Å². The van der Waals surface area contributed by atoms with E-state index in [9.17, 15) is 14.4 Å². The molecule has 4 amide bonds. The summed E-state index contributed by atoms with van der Waals surface area (Å²) in [5.74, 6) is -0.0528. The lowest BCUT2D eigenvalue weighted by Crippen LogP contribution is -2.45. The zero-order valence-electron chi connectivity index (χ0n) is 18.8. The fourth-order valence-corrected chi connectivity index (χ4v) is 3.87. The Bertz CT molecular complexity index is 915. The molecule has 2 aromatic rings. The minimum atomic E-state index is -0.315. The van der Waals surface area contributed by atoms with Gasteiger partial charge in [0.2, 0.25) is 11.8 Å². The minimum absolute atomic E-state index is 0.0176. The number of anilines is 2. The molecule has 2 atom stereocenters. The van der Waals surface area contributed by atoms with Crippen LogP contribution in [0.2, 0.25) is 0 Å². The highest BCUT2D eigenvalue weighted by Gasteiger charge is 2.28. The van der Waals surface area contributed by atoms with Crippen molar-refractivity contribution in [3.05, 3.63) is 60.2 Å². The molecule has 1 fully saturated rings. The summed E-state index contributed by atoms with van der Waals surface area (Å²) < 4.78 is 0. The number of piperidine rings is 1. The van der Waals surface area contributed by atoms with Crippen LogP contribution in [-0.4, -0.2) is 35.8 Å². The Morgan fingerprint density at radius 1 is 1.00 bits per heavy atom. The Morgan fingerprint density at radius 2 is 1.66 bits per heavy atom. The van der Waals surface area contributed by atoms with Gasteiger partial charge in [-0.3, -0.25) is 9.59 Å². The zero-order chi connectivity index (χ0) is 22.9. The summed E-state index contributed by atoms with van der Waals surface area (Å²) in [6.07, 6.45) is 3.01. The standard InChI is InChI=1S/C25H32N4O3/c1-3-8-23(30)29-16-7-9-20(17-29)24(31)26-18(2)19-12-14-22(15-13-19)28-25(32)27-21-10-5-4-6-11-21/h4-6,10-15,18,20H,3,7-9,16-17H2,1-2H3,(H,26,31)(H2,27,28,32). The molecule has 0 bridgehead atoms. The van der Waals surface area contributed by atoms with E-state index in [0.29, 0.717) is 18.7 Å². The average molecular weight is 437 g/mol. The van der Waals surface area contributed by atoms with E-state index in [1.165, 1.54) is 0 Å². The number of likely N-dealkylation sites (tertiary alicyclic amines) is 1. The van der Waals surface area contributed by atoms with Crippen molar-refractivity contribution in [1.29, 1.82) is 0 Å². The SMILES string of the molecule is CCCC(=O)N1CCCC(C(=O)NC(C)c2ccc(NC(=O)Nc3ccccc3)cc2)C1. The van der Waals surface area contributed by atoms with Crippen LogP contribution in [0.3, 0.4) is 0 Å². The fourth-order valence-electron chi connectivity index (χ4n) is 3.87. The van der Waals surface area contributed by atoms with Crippen LogP contribution in [0.4, 0.5) is 16.2 Å². The quantitative estimate of drug-likeness (QED) is 0.595. The maximum atomic E-state index is 12.8. The van der Waals surface area contributed by atoms with E-state index in [-0.39, 0.29) is 29.8 Å². The number of carbonyl (C=O) groups is 3. The molecule has 0 radical (unpaired) electrons. The summed E-state index contributed by atoms with van der Waals surface area (Å²) in [4.78, 5) is 38.9. The van der Waals surface area contributed by atoms with Gasteiger partial charge in [-0.05, 0) is 56.0 Å². The van der Waals surface area contributed by atoms with E-state index >= 15 is 0 Å². The second kappa shape index (κ2) is 11.3. The second-order valence-electron chi connectivity index (χ2n) is 8.23. The summed E-state index contributed by atoms with van der Waals surface area (Å²) in [6, 6.07) is 16.2. The van der Waals surface area contributed by atoms with Crippen LogP contribution >= 0.6 is 0 Å². The monoisotopic (exact) mass is 436 g/mol. The molecule has 170 valence electrons. The Kier molecular flexibility index (Phi) is 8.25. The number of carbonyl (C=O) groups excluding carboxylic acids is 3. The van der Waals surface area contributed by atoms with Crippen molar-refractivity contribution in [2.24, 2.45) is 5.92 Å². The van der Waals surface area contributed by atoms with Crippen molar-refractivity contribution in [2.45, 2.75) is 45.6 Å². The summed E-state index contributed by atoms with van der Waals surface area (Å²) in [7, 11) is 0. The molecule has 1 saturated heterocycles. The van der Waals surface area contributed by atoms with Crippen LogP contribution in [0, 0.1) is 5.92 Å². The van der Waals surface area contributed by atoms with Gasteiger partial charge in [0, 0.05) is 30.9 Å². The third-order valence-corrected chi connectivity index (χ3v) is 5.67. The van der Waals surface area contributed by atoms with Crippen molar-refractivity contribution in [3.63, 3.8) is 0 Å². The molecule has 32 heavy (non-hydrogen) atoms. The van der Waals surface area contributed by atoms with Crippen LogP contribution in [-0.2, 0) is 9.59 Å². The molecule has 1 heterocycles. The van der Waals surface area contributed by atoms with Gasteiger partial charge in [0.05, 0.1) is 12.0 Å². The van der Waals surface area contributed by atoms with Crippen molar-refractivity contribution < 1.29 is 14.4 Å². The van der Waals surface area contributed by atoms with Crippen molar-refractivity contribution in [2.75, 3.05) is 23.7 Å². The highest BCUT2D eigenvalue weighted by molar-refractivity contribution is 5.99. The summed E-state index contributed by atoms with van der Waals surface area (Å²) in [5.41, 5.74) is 2.33. The minimum Gasteiger partial charge on any atom is -0.349 e. The number of nitrogens with one attached hydrogen (secondary N) is 3. The molecule has 2 unspecified atom stereocenters. The number of para-hydroxylation sites is 1. The summed E-state index contributed by atoms with van der Waals surface area (Å²) >= 11 is 0. The van der Waals surface area contributed by atoms with Crippen LogP contribution < -0.4 is 16.0 Å². The van der Waals surface area contributed by atoms with Crippen LogP contribution in [0.5, 0.6) is 0 Å². The molecule has 7 nitrogen and oxygen atoms in total. The summed E-state index contributed by atoms with van der Waals surface area (Å²) in [5, 5.41) is 8.65. The van der Waals surface area contributed by atoms with Gasteiger partial charge < -0.3 is 20.9 Å². The maximum Gasteiger partial charge on any atom is 0.323 e. The molecule has 7 heteroatoms. The predicted molar refractivity (Wildman–Crippen MR) is 126 cm³/mol. The average Bonchev–Trinajstić information content (AvgIpc) is 2.80. The van der Waals surface area contributed by atoms with Gasteiger partial charge in [-0.25, -0.2) is 4.79 Å². The summed E-state index contributed by atoms with van der Waals surface area (Å²) in [6.45, 7) is 5.16. The number of amides is 4. The van der Waals surface area contributed by atoms with E-state index in [4.69, 9.17) is 0 Å². The van der Waals surface area contributed by atoms with Gasteiger partial charge in [-0.2, -0.15) is 0 Å². The van der Waals surface area contributed by atoms with Gasteiger partial charge in [0.25, 0.3) is 0 Å².